The molecule has 10 nitrogen and oxygen atoms in total. The Labute approximate surface area is 198 Å². The molecule has 1 aliphatic heterocycles. The predicted octanol–water partition coefficient (Wildman–Crippen LogP) is 0.684. The van der Waals surface area contributed by atoms with Crippen molar-refractivity contribution < 1.29 is 18.6 Å². The van der Waals surface area contributed by atoms with Gasteiger partial charge in [-0.15, -0.1) is 0 Å². The first kappa shape index (κ1) is 23.0. The summed E-state index contributed by atoms with van der Waals surface area (Å²) in [6, 6.07) is 2.24. The summed E-state index contributed by atoms with van der Waals surface area (Å²) in [6.07, 6.45) is 6.76. The maximum absolute atomic E-state index is 12.4. The molecular formula is C21H28N6O4SSe. The van der Waals surface area contributed by atoms with Crippen LogP contribution in [0.3, 0.4) is 0 Å². The van der Waals surface area contributed by atoms with Crippen LogP contribution in [0.4, 0.5) is 5.69 Å². The van der Waals surface area contributed by atoms with Crippen LogP contribution in [-0.4, -0.2) is 84.7 Å². The summed E-state index contributed by atoms with van der Waals surface area (Å²) in [5.41, 5.74) is 2.77. The van der Waals surface area contributed by atoms with Crippen molar-refractivity contribution >= 4 is 41.4 Å². The summed E-state index contributed by atoms with van der Waals surface area (Å²) in [4.78, 5) is 12.3. The Morgan fingerprint density at radius 1 is 1.27 bits per heavy atom. The van der Waals surface area contributed by atoms with Gasteiger partial charge < -0.3 is 5.11 Å². The van der Waals surface area contributed by atoms with Gasteiger partial charge in [0.1, 0.15) is 0 Å². The predicted molar refractivity (Wildman–Crippen MR) is 126 cm³/mol. The zero-order valence-corrected chi connectivity index (χ0v) is 20.8. The van der Waals surface area contributed by atoms with Crippen molar-refractivity contribution in [2.24, 2.45) is 11.8 Å². The van der Waals surface area contributed by atoms with Crippen LogP contribution in [0.25, 0.3) is 21.2 Å². The van der Waals surface area contributed by atoms with Gasteiger partial charge in [0.05, 0.1) is 6.61 Å². The van der Waals surface area contributed by atoms with E-state index in [1.54, 1.807) is 13.1 Å². The van der Waals surface area contributed by atoms with E-state index < -0.39 is 16.3 Å². The molecule has 0 amide bonds. The van der Waals surface area contributed by atoms with Crippen LogP contribution in [0, 0.1) is 11.8 Å². The molecule has 0 radical (unpaired) electrons. The molecule has 5 rings (SSSR count). The topological polar surface area (TPSA) is 143 Å². The number of hydrogen-bond donors (Lipinski definition) is 5. The number of nitrogens with zero attached hydrogens (tertiary/aromatic N) is 3. The number of aromatic amines is 1. The van der Waals surface area contributed by atoms with Crippen molar-refractivity contribution in [3.8, 4) is 10.1 Å². The molecular weight excluding hydrogens is 511 g/mol. The van der Waals surface area contributed by atoms with Gasteiger partial charge in [-0.1, -0.05) is 0 Å². The van der Waals surface area contributed by atoms with Gasteiger partial charge in [-0.3, -0.25) is 0 Å². The van der Waals surface area contributed by atoms with Gasteiger partial charge in [0.2, 0.25) is 0 Å². The van der Waals surface area contributed by atoms with Crippen LogP contribution in [-0.2, 0) is 10.2 Å². The van der Waals surface area contributed by atoms with E-state index in [1.165, 1.54) is 4.31 Å². The summed E-state index contributed by atoms with van der Waals surface area (Å²) >= 11 is -0.0567. The van der Waals surface area contributed by atoms with E-state index >= 15 is 0 Å². The van der Waals surface area contributed by atoms with Gasteiger partial charge in [-0.05, 0) is 0 Å². The molecule has 1 aliphatic carbocycles. The summed E-state index contributed by atoms with van der Waals surface area (Å²) in [5, 5.41) is 23.6. The molecule has 3 aromatic heterocycles. The SMILES string of the molecule is CC(O)c1cnc(-c2cnc3[nH]ccc3c2NC2C[C@@H]3CN(S(=O)(=O)NCCO)C[C@@H]3C2)[se]1. The first-order valence-electron chi connectivity index (χ1n) is 11.1. The molecule has 3 aromatic rings. The third kappa shape index (κ3) is 4.49. The van der Waals surface area contributed by atoms with Crippen LogP contribution in [0.5, 0.6) is 0 Å². The van der Waals surface area contributed by atoms with Crippen LogP contribution in [0.15, 0.2) is 24.7 Å². The Bertz CT molecular complexity index is 1230. The number of aromatic nitrogens is 3. The van der Waals surface area contributed by atoms with Gasteiger partial charge in [-0.2, -0.15) is 0 Å². The van der Waals surface area contributed by atoms with E-state index in [2.05, 4.69) is 25.0 Å². The van der Waals surface area contributed by atoms with Crippen molar-refractivity contribution in [2.75, 3.05) is 31.6 Å². The average molecular weight is 540 g/mol. The number of nitrogens with one attached hydrogen (secondary N) is 3. The zero-order chi connectivity index (χ0) is 23.2. The third-order valence-corrected chi connectivity index (χ3v) is 10.6. The second-order valence-electron chi connectivity index (χ2n) is 8.80. The average Bonchev–Trinajstić information content (AvgIpc) is 3.54. The molecule has 0 bridgehead atoms. The molecule has 0 spiro atoms. The number of fused-ring (bicyclic) bond motifs is 2. The summed E-state index contributed by atoms with van der Waals surface area (Å²) in [7, 11) is -3.54. The molecule has 4 atom stereocenters. The van der Waals surface area contributed by atoms with Crippen molar-refractivity contribution in [1.29, 1.82) is 0 Å². The fourth-order valence-electron chi connectivity index (χ4n) is 4.97. The van der Waals surface area contributed by atoms with E-state index in [9.17, 15) is 13.5 Å². The Morgan fingerprint density at radius 3 is 2.70 bits per heavy atom. The second-order valence-corrected chi connectivity index (χ2v) is 12.8. The van der Waals surface area contributed by atoms with E-state index in [4.69, 9.17) is 5.11 Å². The number of aliphatic hydroxyl groups excluding tert-OH is 2. The van der Waals surface area contributed by atoms with Crippen LogP contribution in [0.1, 0.15) is 30.3 Å². The number of H-pyrrole nitrogens is 1. The fourth-order valence-corrected chi connectivity index (χ4v) is 8.10. The van der Waals surface area contributed by atoms with E-state index in [-0.39, 0.29) is 33.7 Å². The van der Waals surface area contributed by atoms with Crippen LogP contribution >= 0.6 is 0 Å². The number of anilines is 1. The standard InChI is InChI=1S/C21H28N6O4SSe/c1-12(29)18-9-24-21(33-18)17-8-23-20-16(2-3-22-20)19(17)26-15-6-13-10-27(11-14(13)7-15)32(30,31)25-4-5-28/h2-3,8-9,12-15,25,28-29H,4-7,10-11H2,1H3,(H2,22,23,26)/t12?,13-,14+,15?. The van der Waals surface area contributed by atoms with E-state index in [1.807, 2.05) is 18.5 Å². The first-order chi connectivity index (χ1) is 15.9. The molecule has 2 aliphatic rings. The van der Waals surface area contributed by atoms with E-state index in [0.29, 0.717) is 24.9 Å². The molecule has 12 heteroatoms. The molecule has 0 aromatic carbocycles. The Balaban J connectivity index is 1.35. The van der Waals surface area contributed by atoms with Crippen molar-refractivity contribution in [2.45, 2.75) is 31.9 Å². The number of pyridine rings is 1. The van der Waals surface area contributed by atoms with Gasteiger partial charge in [0, 0.05) is 0 Å². The van der Waals surface area contributed by atoms with Gasteiger partial charge >= 0.3 is 187 Å². The molecule has 2 fully saturated rings. The van der Waals surface area contributed by atoms with Gasteiger partial charge in [0.15, 0.2) is 0 Å². The quantitative estimate of drug-likeness (QED) is 0.265. The Morgan fingerprint density at radius 2 is 2.03 bits per heavy atom. The van der Waals surface area contributed by atoms with Crippen molar-refractivity contribution in [1.82, 2.24) is 24.0 Å². The van der Waals surface area contributed by atoms with E-state index in [0.717, 1.165) is 44.1 Å². The molecule has 1 saturated heterocycles. The molecule has 33 heavy (non-hydrogen) atoms. The number of aliphatic hydroxyl groups is 2. The summed E-state index contributed by atoms with van der Waals surface area (Å²) in [5.74, 6) is 0.605. The van der Waals surface area contributed by atoms with Gasteiger partial charge in [-0.25, -0.2) is 0 Å². The second kappa shape index (κ2) is 9.10. The normalized spacial score (nSPS) is 24.4. The van der Waals surface area contributed by atoms with Crippen molar-refractivity contribution in [3.05, 3.63) is 29.1 Å². The first-order valence-corrected chi connectivity index (χ1v) is 14.2. The summed E-state index contributed by atoms with van der Waals surface area (Å²) < 4.78 is 30.7. The van der Waals surface area contributed by atoms with Gasteiger partial charge in [0.25, 0.3) is 0 Å². The summed E-state index contributed by atoms with van der Waals surface area (Å²) in [6.45, 7) is 2.59. The Kier molecular flexibility index (Phi) is 6.34. The monoisotopic (exact) mass is 540 g/mol. The molecule has 5 N–H and O–H groups in total. The minimum atomic E-state index is -3.54. The van der Waals surface area contributed by atoms with Crippen LogP contribution < -0.4 is 10.0 Å². The zero-order valence-electron chi connectivity index (χ0n) is 18.2. The molecule has 2 unspecified atom stereocenters. The number of rotatable bonds is 8. The minimum absolute atomic E-state index is 0.0346. The van der Waals surface area contributed by atoms with Crippen LogP contribution in [0.2, 0.25) is 0 Å². The number of hydrogen-bond acceptors (Lipinski definition) is 7. The molecule has 1 saturated carbocycles. The Hall–Kier alpha value is -1.79. The van der Waals surface area contributed by atoms with Crippen molar-refractivity contribution in [3.63, 3.8) is 0 Å². The maximum atomic E-state index is 12.4. The molecule has 4 heterocycles. The molecule has 178 valence electrons. The fraction of sp³-hybridized carbons (Fsp3) is 0.524. The third-order valence-electron chi connectivity index (χ3n) is 6.55.